The van der Waals surface area contributed by atoms with Gasteiger partial charge in [0.2, 0.25) is 0 Å². The highest BCUT2D eigenvalue weighted by molar-refractivity contribution is 9.09. The van der Waals surface area contributed by atoms with E-state index in [1.54, 1.807) is 0 Å². The number of hydrogen-bond donors (Lipinski definition) is 0. The zero-order valence-electron chi connectivity index (χ0n) is 5.89. The Hall–Kier alpha value is 0.570. The molecule has 68 valence electrons. The van der Waals surface area contributed by atoms with Crippen LogP contribution in [0.4, 0.5) is 4.39 Å². The number of hydrogen-bond acceptors (Lipinski definition) is 3. The molecule has 0 aliphatic carbocycles. The van der Waals surface area contributed by atoms with E-state index in [0.29, 0.717) is 0 Å². The molecule has 12 heavy (non-hydrogen) atoms. The minimum atomic E-state index is -1.30. The number of ether oxygens (including phenoxy) is 1. The van der Waals surface area contributed by atoms with E-state index in [4.69, 9.17) is 4.74 Å². The van der Waals surface area contributed by atoms with E-state index in [0.717, 1.165) is 0 Å². The lowest BCUT2D eigenvalue weighted by molar-refractivity contribution is 0.0997. The van der Waals surface area contributed by atoms with Crippen LogP contribution in [0.15, 0.2) is 0 Å². The zero-order valence-corrected chi connectivity index (χ0v) is 9.27. The highest BCUT2D eigenvalue weighted by Crippen LogP contribution is 2.36. The van der Waals surface area contributed by atoms with Gasteiger partial charge >= 0.3 is 0 Å². The minimum absolute atomic E-state index is 0.115. The highest BCUT2D eigenvalue weighted by Gasteiger charge is 2.44. The molecule has 3 nitrogen and oxygen atoms in total. The van der Waals surface area contributed by atoms with Crippen molar-refractivity contribution < 1.29 is 18.3 Å². The highest BCUT2D eigenvalue weighted by atomic mass is 79.9. The van der Waals surface area contributed by atoms with Crippen LogP contribution in [0, 0.1) is 0 Å². The molecule has 7 heteroatoms. The van der Waals surface area contributed by atoms with E-state index in [-0.39, 0.29) is 23.1 Å². The molecular formula is C5H6BrFO3P2. The van der Waals surface area contributed by atoms with Crippen molar-refractivity contribution in [2.75, 3.05) is 6.16 Å². The lowest BCUT2D eigenvalue weighted by Gasteiger charge is -2.07. The first-order chi connectivity index (χ1) is 5.70. The van der Waals surface area contributed by atoms with Gasteiger partial charge in [-0.1, -0.05) is 15.9 Å². The van der Waals surface area contributed by atoms with Crippen molar-refractivity contribution in [3.63, 3.8) is 0 Å². The molecule has 0 amide bonds. The van der Waals surface area contributed by atoms with Crippen molar-refractivity contribution in [2.24, 2.45) is 0 Å². The Labute approximate surface area is 80.6 Å². The monoisotopic (exact) mass is 274 g/mol. The van der Waals surface area contributed by atoms with Gasteiger partial charge in [-0.15, -0.1) is 0 Å². The van der Waals surface area contributed by atoms with E-state index in [2.05, 4.69) is 15.9 Å². The van der Waals surface area contributed by atoms with E-state index in [1.165, 1.54) is 0 Å². The fourth-order valence-electron chi connectivity index (χ4n) is 1.03. The minimum Gasteiger partial charge on any atom is -0.359 e. The topological polar surface area (TPSA) is 43.4 Å². The van der Waals surface area contributed by atoms with Crippen LogP contribution in [-0.2, 0) is 13.9 Å². The molecule has 0 unspecified atom stereocenters. The van der Waals surface area contributed by atoms with Crippen LogP contribution in [0.1, 0.15) is 0 Å². The van der Waals surface area contributed by atoms with Gasteiger partial charge in [0, 0.05) is 0 Å². The fourth-order valence-corrected chi connectivity index (χ4v) is 3.09. The van der Waals surface area contributed by atoms with Crippen LogP contribution in [0.25, 0.3) is 0 Å². The standard InChI is InChI=1S/C5H6BrFO3P2/c6-5-3(7)4(12-9)2(10-5)1-11-8/h2-5H,1H2/t2-,3+,4-,5+/m1/s1. The molecule has 0 saturated carbocycles. The molecular weight excluding hydrogens is 269 g/mol. The molecule has 0 spiro atoms. The van der Waals surface area contributed by atoms with Gasteiger partial charge in [0.05, 0.1) is 12.3 Å². The third kappa shape index (κ3) is 2.08. The van der Waals surface area contributed by atoms with Gasteiger partial charge in [-0.25, -0.2) is 4.39 Å². The van der Waals surface area contributed by atoms with Gasteiger partial charge in [0.1, 0.15) is 10.7 Å². The molecule has 4 atom stereocenters. The summed E-state index contributed by atoms with van der Waals surface area (Å²) in [6.07, 6.45) is -1.64. The molecule has 0 N–H and O–H groups in total. The Kier molecular flexibility index (Phi) is 4.18. The van der Waals surface area contributed by atoms with Gasteiger partial charge in [-0.2, -0.15) is 0 Å². The van der Waals surface area contributed by atoms with E-state index in [1.807, 2.05) is 0 Å². The second kappa shape index (κ2) is 4.71. The van der Waals surface area contributed by atoms with Crippen molar-refractivity contribution in [3.8, 4) is 0 Å². The Morgan fingerprint density at radius 1 is 1.50 bits per heavy atom. The van der Waals surface area contributed by atoms with E-state index in [9.17, 15) is 13.5 Å². The molecule has 1 heterocycles. The number of halogens is 2. The summed E-state index contributed by atoms with van der Waals surface area (Å²) in [4.78, 5) is 0. The Balaban J connectivity index is 2.64. The zero-order chi connectivity index (χ0) is 9.14. The average molecular weight is 275 g/mol. The SMILES string of the molecule is O=PC[C@H]1O[C@H](Br)[C@@H](F)[C@@H]1P=O. The smallest absolute Gasteiger partial charge is 0.164 e. The van der Waals surface area contributed by atoms with Crippen LogP contribution in [0.3, 0.4) is 0 Å². The molecule has 0 bridgehead atoms. The summed E-state index contributed by atoms with van der Waals surface area (Å²) in [6, 6.07) is 0. The van der Waals surface area contributed by atoms with Gasteiger partial charge in [-0.3, -0.25) is 9.13 Å². The summed E-state index contributed by atoms with van der Waals surface area (Å²) in [5.74, 6) is 0. The number of rotatable bonds is 3. The van der Waals surface area contributed by atoms with Gasteiger partial charge < -0.3 is 4.74 Å². The Morgan fingerprint density at radius 2 is 2.17 bits per heavy atom. The summed E-state index contributed by atoms with van der Waals surface area (Å²) in [6.45, 7) is 0. The molecule has 0 aromatic heterocycles. The molecule has 1 aliphatic heterocycles. The van der Waals surface area contributed by atoms with Crippen LogP contribution in [-0.4, -0.2) is 29.1 Å². The third-order valence-corrected chi connectivity index (χ3v) is 3.73. The summed E-state index contributed by atoms with van der Waals surface area (Å²) in [7, 11) is -0.408. The lowest BCUT2D eigenvalue weighted by atomic mass is 10.2. The predicted octanol–water partition coefficient (Wildman–Crippen LogP) is 2.40. The molecule has 1 fully saturated rings. The second-order valence-electron chi connectivity index (χ2n) is 2.38. The van der Waals surface area contributed by atoms with Crippen molar-refractivity contribution in [1.82, 2.24) is 0 Å². The Bertz CT molecular complexity index is 194. The lowest BCUT2D eigenvalue weighted by Crippen LogP contribution is -2.23. The third-order valence-electron chi connectivity index (χ3n) is 1.64. The number of alkyl halides is 2. The molecule has 0 aromatic rings. The maximum absolute atomic E-state index is 13.1. The first-order valence-electron chi connectivity index (χ1n) is 3.26. The summed E-state index contributed by atoms with van der Waals surface area (Å²) < 4.78 is 38.8. The summed E-state index contributed by atoms with van der Waals surface area (Å²) in [5, 5.41) is -0.726. The van der Waals surface area contributed by atoms with Crippen molar-refractivity contribution in [1.29, 1.82) is 0 Å². The van der Waals surface area contributed by atoms with Crippen LogP contribution in [0.2, 0.25) is 0 Å². The summed E-state index contributed by atoms with van der Waals surface area (Å²) in [5.41, 5.74) is -0.698. The maximum atomic E-state index is 13.1. The maximum Gasteiger partial charge on any atom is 0.164 e. The van der Waals surface area contributed by atoms with E-state index >= 15 is 0 Å². The largest absolute Gasteiger partial charge is 0.359 e. The molecule has 0 aromatic carbocycles. The first-order valence-corrected chi connectivity index (χ1v) is 6.05. The Morgan fingerprint density at radius 3 is 2.67 bits per heavy atom. The van der Waals surface area contributed by atoms with E-state index < -0.39 is 22.9 Å². The molecule has 1 saturated heterocycles. The normalized spacial score (nSPS) is 42.5. The molecule has 1 rings (SSSR count). The van der Waals surface area contributed by atoms with Gasteiger partial charge in [-0.05, 0) is 0 Å². The summed E-state index contributed by atoms with van der Waals surface area (Å²) >= 11 is 2.95. The average Bonchev–Trinajstić information content (AvgIpc) is 2.29. The van der Waals surface area contributed by atoms with Crippen LogP contribution < -0.4 is 0 Å². The second-order valence-corrected chi connectivity index (χ2v) is 4.71. The van der Waals surface area contributed by atoms with Gasteiger partial charge in [0.25, 0.3) is 0 Å². The predicted molar refractivity (Wildman–Crippen MR) is 46.4 cm³/mol. The van der Waals surface area contributed by atoms with Crippen molar-refractivity contribution >= 4 is 32.9 Å². The van der Waals surface area contributed by atoms with Gasteiger partial charge in [0.15, 0.2) is 23.1 Å². The molecule has 0 radical (unpaired) electrons. The van der Waals surface area contributed by atoms with Crippen molar-refractivity contribution in [2.45, 2.75) is 22.9 Å². The first kappa shape index (κ1) is 10.6. The van der Waals surface area contributed by atoms with Crippen LogP contribution in [0.5, 0.6) is 0 Å². The van der Waals surface area contributed by atoms with Crippen molar-refractivity contribution in [3.05, 3.63) is 0 Å². The van der Waals surface area contributed by atoms with Crippen LogP contribution >= 0.6 is 32.9 Å². The fraction of sp³-hybridized carbons (Fsp3) is 1.00. The molecule has 1 aliphatic rings. The quantitative estimate of drug-likeness (QED) is 0.586.